The number of hydrogen-bond acceptors (Lipinski definition) is 10. The Morgan fingerprint density at radius 1 is 1.14 bits per heavy atom. The van der Waals surface area contributed by atoms with Gasteiger partial charge in [0, 0.05) is 36.6 Å². The molecule has 182 valence electrons. The SMILES string of the molecule is COCC(C)Oc1cc(Oc2ccc(-c3nnc(C)o3)cc2)cc(C(=O)Nc2nc(CO)cs2)c1. The van der Waals surface area contributed by atoms with E-state index >= 15 is 0 Å². The van der Waals surface area contributed by atoms with Crippen molar-refractivity contribution in [3.05, 3.63) is 65.0 Å². The van der Waals surface area contributed by atoms with E-state index in [-0.39, 0.29) is 18.6 Å². The van der Waals surface area contributed by atoms with E-state index in [2.05, 4.69) is 20.5 Å². The molecule has 0 aliphatic rings. The summed E-state index contributed by atoms with van der Waals surface area (Å²) >= 11 is 1.23. The highest BCUT2D eigenvalue weighted by Crippen LogP contribution is 2.30. The number of carbonyl (C=O) groups excluding carboxylic acids is 1. The van der Waals surface area contributed by atoms with Gasteiger partial charge < -0.3 is 23.7 Å². The highest BCUT2D eigenvalue weighted by atomic mass is 32.1. The number of amides is 1. The highest BCUT2D eigenvalue weighted by molar-refractivity contribution is 7.13. The van der Waals surface area contributed by atoms with E-state index in [1.54, 1.807) is 61.9 Å². The van der Waals surface area contributed by atoms with Gasteiger partial charge in [-0.25, -0.2) is 4.98 Å². The molecule has 2 heterocycles. The molecule has 4 aromatic rings. The van der Waals surface area contributed by atoms with Crippen LogP contribution in [-0.4, -0.2) is 46.0 Å². The number of hydrogen-bond donors (Lipinski definition) is 2. The van der Waals surface area contributed by atoms with Crippen molar-refractivity contribution in [2.75, 3.05) is 19.0 Å². The fourth-order valence-corrected chi connectivity index (χ4v) is 3.85. The Bertz CT molecular complexity index is 1290. The maximum absolute atomic E-state index is 12.9. The molecule has 1 atom stereocenters. The van der Waals surface area contributed by atoms with Gasteiger partial charge in [-0.2, -0.15) is 0 Å². The molecule has 0 spiro atoms. The summed E-state index contributed by atoms with van der Waals surface area (Å²) < 4.78 is 22.5. The van der Waals surface area contributed by atoms with Gasteiger partial charge in [-0.15, -0.1) is 21.5 Å². The van der Waals surface area contributed by atoms with Crippen LogP contribution in [0.4, 0.5) is 5.13 Å². The number of nitrogens with one attached hydrogen (secondary N) is 1. The molecular weight excluding hydrogens is 472 g/mol. The van der Waals surface area contributed by atoms with Crippen LogP contribution in [0.2, 0.25) is 0 Å². The van der Waals surface area contributed by atoms with E-state index < -0.39 is 0 Å². The molecule has 10 nitrogen and oxygen atoms in total. The molecule has 0 aliphatic carbocycles. The average molecular weight is 497 g/mol. The van der Waals surface area contributed by atoms with Gasteiger partial charge in [-0.05, 0) is 43.3 Å². The van der Waals surface area contributed by atoms with Crippen molar-refractivity contribution in [2.24, 2.45) is 0 Å². The van der Waals surface area contributed by atoms with Crippen LogP contribution in [0.5, 0.6) is 17.2 Å². The lowest BCUT2D eigenvalue weighted by Crippen LogP contribution is -2.18. The predicted octanol–water partition coefficient (Wildman–Crippen LogP) is 4.45. The minimum absolute atomic E-state index is 0.198. The van der Waals surface area contributed by atoms with Gasteiger partial charge in [-0.1, -0.05) is 0 Å². The number of ether oxygens (including phenoxy) is 3. The number of aryl methyl sites for hydroxylation is 1. The Morgan fingerprint density at radius 3 is 2.57 bits per heavy atom. The fourth-order valence-electron chi connectivity index (χ4n) is 3.15. The predicted molar refractivity (Wildman–Crippen MR) is 129 cm³/mol. The molecule has 0 radical (unpaired) electrons. The van der Waals surface area contributed by atoms with Crippen molar-refractivity contribution in [2.45, 2.75) is 26.6 Å². The lowest BCUT2D eigenvalue weighted by molar-refractivity contribution is 0.0916. The molecule has 0 saturated heterocycles. The van der Waals surface area contributed by atoms with Crippen molar-refractivity contribution < 1.29 is 28.5 Å². The molecule has 0 fully saturated rings. The van der Waals surface area contributed by atoms with E-state index in [0.29, 0.717) is 52.0 Å². The summed E-state index contributed by atoms with van der Waals surface area (Å²) in [4.78, 5) is 17.1. The Kier molecular flexibility index (Phi) is 7.70. The summed E-state index contributed by atoms with van der Waals surface area (Å²) in [5.41, 5.74) is 1.56. The zero-order valence-corrected chi connectivity index (χ0v) is 20.2. The quantitative estimate of drug-likeness (QED) is 0.327. The van der Waals surface area contributed by atoms with Crippen LogP contribution >= 0.6 is 11.3 Å². The van der Waals surface area contributed by atoms with Gasteiger partial charge in [-0.3, -0.25) is 10.1 Å². The molecular formula is C24H24N4O6S. The number of anilines is 1. The third-order valence-electron chi connectivity index (χ3n) is 4.68. The first-order valence-electron chi connectivity index (χ1n) is 10.7. The van der Waals surface area contributed by atoms with E-state index in [9.17, 15) is 9.90 Å². The van der Waals surface area contributed by atoms with Gasteiger partial charge in [0.2, 0.25) is 11.8 Å². The molecule has 0 aliphatic heterocycles. The smallest absolute Gasteiger partial charge is 0.257 e. The van der Waals surface area contributed by atoms with Crippen LogP contribution in [0.3, 0.4) is 0 Å². The topological polar surface area (TPSA) is 129 Å². The summed E-state index contributed by atoms with van der Waals surface area (Å²) in [7, 11) is 1.59. The first-order chi connectivity index (χ1) is 16.9. The van der Waals surface area contributed by atoms with Crippen molar-refractivity contribution in [1.29, 1.82) is 0 Å². The standard InChI is InChI=1S/C24H24N4O6S/c1-14(12-31-3)32-20-8-17(22(30)26-24-25-18(11-29)13-35-24)9-21(10-20)34-19-6-4-16(5-7-19)23-28-27-15(2)33-23/h4-10,13-14,29H,11-12H2,1-3H3,(H,25,26,30). The van der Waals surface area contributed by atoms with Crippen molar-refractivity contribution in [3.8, 4) is 28.7 Å². The van der Waals surface area contributed by atoms with Crippen LogP contribution in [0.25, 0.3) is 11.5 Å². The third-order valence-corrected chi connectivity index (χ3v) is 5.48. The zero-order chi connectivity index (χ0) is 24.8. The first-order valence-corrected chi connectivity index (χ1v) is 11.6. The van der Waals surface area contributed by atoms with E-state index in [1.165, 1.54) is 11.3 Å². The number of aliphatic hydroxyl groups is 1. The zero-order valence-electron chi connectivity index (χ0n) is 19.3. The highest BCUT2D eigenvalue weighted by Gasteiger charge is 2.15. The second-order valence-electron chi connectivity index (χ2n) is 7.59. The molecule has 0 saturated carbocycles. The molecule has 1 unspecified atom stereocenters. The summed E-state index contributed by atoms with van der Waals surface area (Å²) in [6.07, 6.45) is -0.241. The van der Waals surface area contributed by atoms with Crippen LogP contribution in [0.1, 0.15) is 28.9 Å². The molecule has 35 heavy (non-hydrogen) atoms. The van der Waals surface area contributed by atoms with E-state index in [1.807, 2.05) is 6.92 Å². The Hall–Kier alpha value is -3.80. The fraction of sp³-hybridized carbons (Fsp3) is 0.250. The van der Waals surface area contributed by atoms with Crippen LogP contribution < -0.4 is 14.8 Å². The lowest BCUT2D eigenvalue weighted by Gasteiger charge is -2.16. The van der Waals surface area contributed by atoms with E-state index in [0.717, 1.165) is 5.56 Å². The molecule has 2 N–H and O–H groups in total. The van der Waals surface area contributed by atoms with Gasteiger partial charge in [0.25, 0.3) is 5.91 Å². The number of thiazole rings is 1. The Balaban J connectivity index is 1.56. The average Bonchev–Trinajstić information content (AvgIpc) is 3.48. The van der Waals surface area contributed by atoms with Crippen molar-refractivity contribution in [3.63, 3.8) is 0 Å². The summed E-state index contributed by atoms with van der Waals surface area (Å²) in [5.74, 6) is 1.92. The molecule has 2 aromatic carbocycles. The van der Waals surface area contributed by atoms with E-state index in [4.69, 9.17) is 18.6 Å². The minimum Gasteiger partial charge on any atom is -0.488 e. The number of benzene rings is 2. The second-order valence-corrected chi connectivity index (χ2v) is 8.44. The van der Waals surface area contributed by atoms with Gasteiger partial charge in [0.1, 0.15) is 23.4 Å². The molecule has 0 bridgehead atoms. The first kappa shape index (κ1) is 24.3. The number of aromatic nitrogens is 3. The van der Waals surface area contributed by atoms with Gasteiger partial charge in [0.15, 0.2) is 5.13 Å². The van der Waals surface area contributed by atoms with Crippen LogP contribution in [0, 0.1) is 6.92 Å². The maximum Gasteiger partial charge on any atom is 0.257 e. The Labute approximate surface area is 205 Å². The molecule has 1 amide bonds. The maximum atomic E-state index is 12.9. The monoisotopic (exact) mass is 496 g/mol. The summed E-state index contributed by atoms with van der Waals surface area (Å²) in [6.45, 7) is 3.77. The summed E-state index contributed by atoms with van der Waals surface area (Å²) in [6, 6.07) is 12.1. The number of carbonyl (C=O) groups is 1. The van der Waals surface area contributed by atoms with Crippen molar-refractivity contribution in [1.82, 2.24) is 15.2 Å². The normalized spacial score (nSPS) is 11.8. The third kappa shape index (κ3) is 6.41. The van der Waals surface area contributed by atoms with Crippen molar-refractivity contribution >= 4 is 22.4 Å². The summed E-state index contributed by atoms with van der Waals surface area (Å²) in [5, 5.41) is 21.8. The second kappa shape index (κ2) is 11.1. The van der Waals surface area contributed by atoms with Gasteiger partial charge >= 0.3 is 0 Å². The van der Waals surface area contributed by atoms with Crippen LogP contribution in [0.15, 0.2) is 52.3 Å². The molecule has 4 rings (SSSR count). The number of rotatable bonds is 10. The minimum atomic E-state index is -0.388. The number of nitrogens with zero attached hydrogens (tertiary/aromatic N) is 3. The largest absolute Gasteiger partial charge is 0.488 e. The number of methoxy groups -OCH3 is 1. The lowest BCUT2D eigenvalue weighted by atomic mass is 10.1. The number of aliphatic hydroxyl groups excluding tert-OH is 1. The molecule has 2 aromatic heterocycles. The van der Waals surface area contributed by atoms with Crippen LogP contribution in [-0.2, 0) is 11.3 Å². The molecule has 11 heteroatoms. The van der Waals surface area contributed by atoms with Gasteiger partial charge in [0.05, 0.1) is 18.9 Å². The Morgan fingerprint density at radius 2 is 1.91 bits per heavy atom.